The van der Waals surface area contributed by atoms with Gasteiger partial charge in [0.2, 0.25) is 0 Å². The summed E-state index contributed by atoms with van der Waals surface area (Å²) in [5, 5.41) is 3.27. The van der Waals surface area contributed by atoms with Crippen molar-refractivity contribution in [3.63, 3.8) is 0 Å². The number of benzene rings is 2. The van der Waals surface area contributed by atoms with Crippen LogP contribution in [0.15, 0.2) is 42.5 Å². The van der Waals surface area contributed by atoms with Crippen LogP contribution in [0.25, 0.3) is 11.1 Å². The maximum Gasteiger partial charge on any atom is 0.123 e. The third kappa shape index (κ3) is 3.61. The highest BCUT2D eigenvalue weighted by atomic mass is 19.1. The average Bonchev–Trinajstić information content (AvgIpc) is 2.38. The van der Waals surface area contributed by atoms with Crippen LogP contribution in [0.4, 0.5) is 8.78 Å². The lowest BCUT2D eigenvalue weighted by atomic mass is 9.99. The first-order chi connectivity index (χ1) is 9.06. The molecule has 0 atom stereocenters. The quantitative estimate of drug-likeness (QED) is 0.872. The Morgan fingerprint density at radius 3 is 2.21 bits per heavy atom. The highest BCUT2D eigenvalue weighted by Gasteiger charge is 2.07. The van der Waals surface area contributed by atoms with E-state index < -0.39 is 0 Å². The Balaban J connectivity index is 2.35. The van der Waals surface area contributed by atoms with Gasteiger partial charge in [-0.1, -0.05) is 32.0 Å². The molecule has 0 aliphatic rings. The molecule has 100 valence electrons. The van der Waals surface area contributed by atoms with Crippen molar-refractivity contribution in [3.8, 4) is 11.1 Å². The van der Waals surface area contributed by atoms with Gasteiger partial charge in [-0.2, -0.15) is 0 Å². The van der Waals surface area contributed by atoms with E-state index in [0.717, 1.165) is 16.7 Å². The largest absolute Gasteiger partial charge is 0.310 e. The average molecular weight is 261 g/mol. The van der Waals surface area contributed by atoms with Gasteiger partial charge >= 0.3 is 0 Å². The Labute approximate surface area is 112 Å². The van der Waals surface area contributed by atoms with Gasteiger partial charge in [0.1, 0.15) is 11.6 Å². The van der Waals surface area contributed by atoms with Gasteiger partial charge in [0.25, 0.3) is 0 Å². The van der Waals surface area contributed by atoms with Crippen LogP contribution in [0, 0.1) is 11.6 Å². The van der Waals surface area contributed by atoms with Crippen molar-refractivity contribution < 1.29 is 8.78 Å². The van der Waals surface area contributed by atoms with Crippen LogP contribution in [0.5, 0.6) is 0 Å². The molecule has 0 spiro atoms. The fourth-order valence-electron chi connectivity index (χ4n) is 1.93. The lowest BCUT2D eigenvalue weighted by Gasteiger charge is -2.13. The van der Waals surface area contributed by atoms with Gasteiger partial charge in [-0.3, -0.25) is 0 Å². The standard InChI is InChI=1S/C16H17F2N/c1-11(2)19-10-13-9-15(18)7-8-16(13)12-3-5-14(17)6-4-12/h3-9,11,19H,10H2,1-2H3. The van der Waals surface area contributed by atoms with E-state index in [4.69, 9.17) is 0 Å². The maximum absolute atomic E-state index is 13.4. The summed E-state index contributed by atoms with van der Waals surface area (Å²) in [6, 6.07) is 11.3. The zero-order chi connectivity index (χ0) is 13.8. The van der Waals surface area contributed by atoms with Gasteiger partial charge in [-0.25, -0.2) is 8.78 Å². The predicted molar refractivity (Wildman–Crippen MR) is 73.8 cm³/mol. The lowest BCUT2D eigenvalue weighted by molar-refractivity contribution is 0.582. The van der Waals surface area contributed by atoms with Crippen molar-refractivity contribution in [2.75, 3.05) is 0 Å². The zero-order valence-electron chi connectivity index (χ0n) is 11.1. The minimum absolute atomic E-state index is 0.258. The van der Waals surface area contributed by atoms with Gasteiger partial charge in [0, 0.05) is 12.6 Å². The second-order valence-corrected chi connectivity index (χ2v) is 4.84. The minimum atomic E-state index is -0.271. The summed E-state index contributed by atoms with van der Waals surface area (Å²) in [6.45, 7) is 4.66. The van der Waals surface area contributed by atoms with Crippen LogP contribution in [0.1, 0.15) is 19.4 Å². The molecule has 0 fully saturated rings. The molecule has 19 heavy (non-hydrogen) atoms. The van der Waals surface area contributed by atoms with Crippen LogP contribution < -0.4 is 5.32 Å². The Morgan fingerprint density at radius 2 is 1.58 bits per heavy atom. The molecule has 3 heteroatoms. The zero-order valence-corrected chi connectivity index (χ0v) is 11.1. The van der Waals surface area contributed by atoms with Crippen LogP contribution in [0.2, 0.25) is 0 Å². The van der Waals surface area contributed by atoms with E-state index in [-0.39, 0.29) is 11.6 Å². The summed E-state index contributed by atoms with van der Waals surface area (Å²) in [6.07, 6.45) is 0. The Kier molecular flexibility index (Phi) is 4.27. The third-order valence-corrected chi connectivity index (χ3v) is 2.92. The van der Waals surface area contributed by atoms with E-state index in [9.17, 15) is 8.78 Å². The fourth-order valence-corrected chi connectivity index (χ4v) is 1.93. The fraction of sp³-hybridized carbons (Fsp3) is 0.250. The first-order valence-corrected chi connectivity index (χ1v) is 6.34. The number of hydrogen-bond acceptors (Lipinski definition) is 1. The Hall–Kier alpha value is -1.74. The highest BCUT2D eigenvalue weighted by molar-refractivity contribution is 5.67. The highest BCUT2D eigenvalue weighted by Crippen LogP contribution is 2.25. The van der Waals surface area contributed by atoms with E-state index in [1.807, 2.05) is 13.8 Å². The van der Waals surface area contributed by atoms with Crippen molar-refractivity contribution in [1.82, 2.24) is 5.32 Å². The molecule has 0 amide bonds. The number of nitrogens with one attached hydrogen (secondary N) is 1. The molecule has 0 unspecified atom stereocenters. The van der Waals surface area contributed by atoms with Crippen LogP contribution >= 0.6 is 0 Å². The summed E-state index contributed by atoms with van der Waals surface area (Å²) >= 11 is 0. The molecule has 0 aliphatic carbocycles. The van der Waals surface area contributed by atoms with E-state index in [1.165, 1.54) is 24.3 Å². The second-order valence-electron chi connectivity index (χ2n) is 4.84. The molecule has 1 nitrogen and oxygen atoms in total. The van der Waals surface area contributed by atoms with Crippen molar-refractivity contribution >= 4 is 0 Å². The molecule has 0 radical (unpaired) electrons. The first kappa shape index (κ1) is 13.7. The van der Waals surface area contributed by atoms with Crippen molar-refractivity contribution in [3.05, 3.63) is 59.7 Å². The molecule has 2 aromatic carbocycles. The normalized spacial score (nSPS) is 11.0. The van der Waals surface area contributed by atoms with Gasteiger partial charge < -0.3 is 5.32 Å². The molecular weight excluding hydrogens is 244 g/mol. The summed E-state index contributed by atoms with van der Waals surface area (Å²) in [5.41, 5.74) is 2.69. The van der Waals surface area contributed by atoms with Crippen LogP contribution in [0.3, 0.4) is 0 Å². The lowest BCUT2D eigenvalue weighted by Crippen LogP contribution is -2.22. The summed E-state index contributed by atoms with van der Waals surface area (Å²) < 4.78 is 26.3. The third-order valence-electron chi connectivity index (χ3n) is 2.92. The summed E-state index contributed by atoms with van der Waals surface area (Å²) in [7, 11) is 0. The molecule has 0 aromatic heterocycles. The van der Waals surface area contributed by atoms with Gasteiger partial charge in [-0.05, 0) is 41.0 Å². The van der Waals surface area contributed by atoms with E-state index in [2.05, 4.69) is 5.32 Å². The van der Waals surface area contributed by atoms with Gasteiger partial charge in [0.05, 0.1) is 0 Å². The van der Waals surface area contributed by atoms with Crippen LogP contribution in [-0.4, -0.2) is 6.04 Å². The molecule has 0 aliphatic heterocycles. The van der Waals surface area contributed by atoms with Crippen LogP contribution in [-0.2, 0) is 6.54 Å². The smallest absolute Gasteiger partial charge is 0.123 e. The van der Waals surface area contributed by atoms with Crippen molar-refractivity contribution in [2.24, 2.45) is 0 Å². The molecule has 0 saturated heterocycles. The molecule has 0 bridgehead atoms. The first-order valence-electron chi connectivity index (χ1n) is 6.34. The molecule has 1 N–H and O–H groups in total. The van der Waals surface area contributed by atoms with Gasteiger partial charge in [0.15, 0.2) is 0 Å². The number of hydrogen-bond donors (Lipinski definition) is 1. The number of rotatable bonds is 4. The SMILES string of the molecule is CC(C)NCc1cc(F)ccc1-c1ccc(F)cc1. The van der Waals surface area contributed by atoms with E-state index >= 15 is 0 Å². The predicted octanol–water partition coefficient (Wildman–Crippen LogP) is 4.13. The second kappa shape index (κ2) is 5.93. The van der Waals surface area contributed by atoms with Crippen molar-refractivity contribution in [2.45, 2.75) is 26.4 Å². The Bertz CT molecular complexity index is 547. The Morgan fingerprint density at radius 1 is 0.947 bits per heavy atom. The van der Waals surface area contributed by atoms with Gasteiger partial charge in [-0.15, -0.1) is 0 Å². The monoisotopic (exact) mass is 261 g/mol. The summed E-state index contributed by atoms with van der Waals surface area (Å²) in [5.74, 6) is -0.529. The van der Waals surface area contributed by atoms with Crippen molar-refractivity contribution in [1.29, 1.82) is 0 Å². The number of halogens is 2. The molecular formula is C16H17F2N. The molecule has 2 rings (SSSR count). The topological polar surface area (TPSA) is 12.0 Å². The molecule has 0 saturated carbocycles. The van der Waals surface area contributed by atoms with E-state index in [0.29, 0.717) is 12.6 Å². The summed E-state index contributed by atoms with van der Waals surface area (Å²) in [4.78, 5) is 0. The maximum atomic E-state index is 13.4. The van der Waals surface area contributed by atoms with E-state index in [1.54, 1.807) is 18.2 Å². The molecule has 2 aromatic rings. The molecule has 0 heterocycles. The minimum Gasteiger partial charge on any atom is -0.310 e.